The fourth-order valence-electron chi connectivity index (χ4n) is 2.46. The van der Waals surface area contributed by atoms with Crippen LogP contribution in [-0.4, -0.2) is 31.3 Å². The summed E-state index contributed by atoms with van der Waals surface area (Å²) < 4.78 is 29.8. The van der Waals surface area contributed by atoms with E-state index in [1.165, 1.54) is 12.1 Å². The number of carbonyl (C=O) groups is 1. The summed E-state index contributed by atoms with van der Waals surface area (Å²) in [6, 6.07) is 8.16. The molecule has 0 saturated carbocycles. The third-order valence-electron chi connectivity index (χ3n) is 3.76. The molecule has 0 spiro atoms. The van der Waals surface area contributed by atoms with Crippen molar-refractivity contribution >= 4 is 27.6 Å². The topological polar surface area (TPSA) is 60.4 Å². The van der Waals surface area contributed by atoms with Crippen LogP contribution in [0.2, 0.25) is 0 Å². The molecular weight excluding hydrogens is 332 g/mol. The Kier molecular flexibility index (Phi) is 8.12. The van der Waals surface area contributed by atoms with Crippen LogP contribution in [-0.2, 0) is 19.4 Å². The van der Waals surface area contributed by atoms with E-state index in [0.29, 0.717) is 6.42 Å². The summed E-state index contributed by atoms with van der Waals surface area (Å²) in [5.41, 5.74) is 0. The van der Waals surface area contributed by atoms with Gasteiger partial charge in [-0.15, -0.1) is 11.8 Å². The lowest BCUT2D eigenvalue weighted by atomic mass is 10.1. The van der Waals surface area contributed by atoms with Crippen molar-refractivity contribution in [2.45, 2.75) is 54.9 Å². The number of unbranched alkanes of at least 4 members (excludes halogenated alkanes) is 3. The third-order valence-corrected chi connectivity index (χ3v) is 8.08. The van der Waals surface area contributed by atoms with Crippen LogP contribution in [0.4, 0.5) is 0 Å². The van der Waals surface area contributed by atoms with Crippen molar-refractivity contribution in [1.82, 2.24) is 0 Å². The molecule has 4 nitrogen and oxygen atoms in total. The SMILES string of the molecule is CCCCCCC(SC)(C(=O)OCC)S(=O)(=O)c1ccccc1. The van der Waals surface area contributed by atoms with E-state index in [4.69, 9.17) is 4.74 Å². The summed E-state index contributed by atoms with van der Waals surface area (Å²) in [6.07, 6.45) is 5.60. The van der Waals surface area contributed by atoms with Gasteiger partial charge in [0.2, 0.25) is 13.9 Å². The lowest BCUT2D eigenvalue weighted by Gasteiger charge is -2.29. The first kappa shape index (κ1) is 20.0. The zero-order chi connectivity index (χ0) is 17.3. The van der Waals surface area contributed by atoms with Crippen molar-refractivity contribution in [2.75, 3.05) is 12.9 Å². The van der Waals surface area contributed by atoms with Gasteiger partial charge < -0.3 is 4.74 Å². The number of sulfone groups is 1. The lowest BCUT2D eigenvalue weighted by molar-refractivity contribution is -0.143. The van der Waals surface area contributed by atoms with Gasteiger partial charge in [-0.1, -0.05) is 50.8 Å². The van der Waals surface area contributed by atoms with Crippen molar-refractivity contribution in [3.05, 3.63) is 30.3 Å². The van der Waals surface area contributed by atoms with E-state index in [9.17, 15) is 13.2 Å². The molecule has 0 aliphatic heterocycles. The first-order chi connectivity index (χ1) is 11.0. The Balaban J connectivity index is 3.23. The van der Waals surface area contributed by atoms with Crippen LogP contribution in [0, 0.1) is 0 Å². The molecular formula is C17H26O4S2. The molecule has 1 aromatic carbocycles. The van der Waals surface area contributed by atoms with Crippen molar-refractivity contribution in [3.63, 3.8) is 0 Å². The van der Waals surface area contributed by atoms with E-state index in [1.807, 2.05) is 0 Å². The maximum Gasteiger partial charge on any atom is 0.338 e. The molecule has 1 atom stereocenters. The fourth-order valence-corrected chi connectivity index (χ4v) is 5.78. The Morgan fingerprint density at radius 3 is 2.30 bits per heavy atom. The molecule has 0 bridgehead atoms. The Morgan fingerprint density at radius 1 is 1.13 bits per heavy atom. The van der Waals surface area contributed by atoms with Crippen LogP contribution in [0.3, 0.4) is 0 Å². The highest BCUT2D eigenvalue weighted by atomic mass is 32.3. The molecule has 0 N–H and O–H groups in total. The first-order valence-corrected chi connectivity index (χ1v) is 10.7. The minimum atomic E-state index is -3.83. The second-order valence-electron chi connectivity index (χ2n) is 5.30. The van der Waals surface area contributed by atoms with E-state index in [0.717, 1.165) is 31.0 Å². The predicted molar refractivity (Wildman–Crippen MR) is 95.3 cm³/mol. The van der Waals surface area contributed by atoms with Crippen molar-refractivity contribution in [2.24, 2.45) is 0 Å². The summed E-state index contributed by atoms with van der Waals surface area (Å²) in [4.78, 5) is 12.7. The quantitative estimate of drug-likeness (QED) is 0.466. The van der Waals surface area contributed by atoms with Crippen LogP contribution in [0.1, 0.15) is 46.0 Å². The zero-order valence-corrected chi connectivity index (χ0v) is 15.7. The van der Waals surface area contributed by atoms with Gasteiger partial charge in [0.1, 0.15) is 0 Å². The highest BCUT2D eigenvalue weighted by Crippen LogP contribution is 2.40. The maximum absolute atomic E-state index is 13.1. The molecule has 0 aliphatic rings. The molecule has 1 rings (SSSR count). The second kappa shape index (κ2) is 9.33. The zero-order valence-electron chi connectivity index (χ0n) is 14.1. The number of carbonyl (C=O) groups excluding carboxylic acids is 1. The van der Waals surface area contributed by atoms with Gasteiger partial charge in [-0.25, -0.2) is 13.2 Å². The molecule has 0 amide bonds. The molecule has 0 aliphatic carbocycles. The molecule has 1 unspecified atom stereocenters. The molecule has 0 heterocycles. The minimum absolute atomic E-state index is 0.165. The molecule has 130 valence electrons. The number of rotatable bonds is 10. The number of hydrogen-bond donors (Lipinski definition) is 0. The monoisotopic (exact) mass is 358 g/mol. The Hall–Kier alpha value is -1.01. The third kappa shape index (κ3) is 4.51. The minimum Gasteiger partial charge on any atom is -0.464 e. The average Bonchev–Trinajstić information content (AvgIpc) is 2.56. The van der Waals surface area contributed by atoms with Crippen LogP contribution < -0.4 is 0 Å². The molecule has 0 aromatic heterocycles. The van der Waals surface area contributed by atoms with E-state index >= 15 is 0 Å². The second-order valence-corrected chi connectivity index (χ2v) is 8.84. The standard InChI is InChI=1S/C17H26O4S2/c1-4-6-7-11-14-17(22-3,16(18)21-5-2)23(19,20)15-12-9-8-10-13-15/h8-10,12-13H,4-7,11,14H2,1-3H3. The molecule has 0 fully saturated rings. The summed E-state index contributed by atoms with van der Waals surface area (Å²) in [6.45, 7) is 3.95. The summed E-state index contributed by atoms with van der Waals surface area (Å²) in [5, 5.41) is 0. The largest absolute Gasteiger partial charge is 0.464 e. The fraction of sp³-hybridized carbons (Fsp3) is 0.588. The van der Waals surface area contributed by atoms with Crippen molar-refractivity contribution < 1.29 is 17.9 Å². The smallest absolute Gasteiger partial charge is 0.338 e. The number of ether oxygens (including phenoxy) is 1. The first-order valence-electron chi connectivity index (χ1n) is 7.98. The van der Waals surface area contributed by atoms with E-state index < -0.39 is 19.9 Å². The van der Waals surface area contributed by atoms with Gasteiger partial charge in [0.25, 0.3) is 0 Å². The predicted octanol–water partition coefficient (Wildman–Crippen LogP) is 4.05. The highest BCUT2D eigenvalue weighted by Gasteiger charge is 2.51. The average molecular weight is 359 g/mol. The van der Waals surface area contributed by atoms with E-state index in [1.54, 1.807) is 31.4 Å². The molecule has 0 saturated heterocycles. The van der Waals surface area contributed by atoms with Gasteiger partial charge in [0.15, 0.2) is 0 Å². The van der Waals surface area contributed by atoms with Crippen molar-refractivity contribution in [3.8, 4) is 0 Å². The molecule has 23 heavy (non-hydrogen) atoms. The van der Waals surface area contributed by atoms with Crippen LogP contribution in [0.5, 0.6) is 0 Å². The number of hydrogen-bond acceptors (Lipinski definition) is 5. The van der Waals surface area contributed by atoms with Crippen LogP contribution in [0.15, 0.2) is 35.2 Å². The van der Waals surface area contributed by atoms with E-state index in [2.05, 4.69) is 6.92 Å². The number of thioether (sulfide) groups is 1. The van der Waals surface area contributed by atoms with E-state index in [-0.39, 0.29) is 17.9 Å². The Labute approximate surface area is 143 Å². The number of esters is 1. The van der Waals surface area contributed by atoms with Gasteiger partial charge >= 0.3 is 5.97 Å². The normalized spacial score (nSPS) is 14.2. The molecule has 0 radical (unpaired) electrons. The summed E-state index contributed by atoms with van der Waals surface area (Å²) >= 11 is 1.06. The van der Waals surface area contributed by atoms with Gasteiger partial charge in [-0.2, -0.15) is 0 Å². The Bertz CT molecular complexity index is 584. The lowest BCUT2D eigenvalue weighted by Crippen LogP contribution is -2.44. The van der Waals surface area contributed by atoms with Crippen LogP contribution in [0.25, 0.3) is 0 Å². The van der Waals surface area contributed by atoms with Gasteiger partial charge in [-0.05, 0) is 31.7 Å². The van der Waals surface area contributed by atoms with Gasteiger partial charge in [0, 0.05) is 0 Å². The number of benzene rings is 1. The summed E-state index contributed by atoms with van der Waals surface area (Å²) in [7, 11) is -3.83. The molecule has 6 heteroatoms. The van der Waals surface area contributed by atoms with Gasteiger partial charge in [-0.3, -0.25) is 0 Å². The van der Waals surface area contributed by atoms with Crippen LogP contribution >= 0.6 is 11.8 Å². The summed E-state index contributed by atoms with van der Waals surface area (Å²) in [5.74, 6) is -0.659. The molecule has 1 aromatic rings. The van der Waals surface area contributed by atoms with Gasteiger partial charge in [0.05, 0.1) is 11.5 Å². The maximum atomic E-state index is 13.1. The Morgan fingerprint density at radius 2 is 1.78 bits per heavy atom. The van der Waals surface area contributed by atoms with Crippen molar-refractivity contribution in [1.29, 1.82) is 0 Å². The highest BCUT2D eigenvalue weighted by molar-refractivity contribution is 8.15.